The van der Waals surface area contributed by atoms with Gasteiger partial charge in [-0.25, -0.2) is 0 Å². The SMILES string of the molecule is CC[C@@H](c1ccc(Br)cc1)N(Cc1ccccc1)[C@H](C)c1ccccc1. The molecule has 3 aromatic rings. The summed E-state index contributed by atoms with van der Waals surface area (Å²) in [6, 6.07) is 31.1. The van der Waals surface area contributed by atoms with E-state index in [9.17, 15) is 0 Å². The Balaban J connectivity index is 1.96. The number of hydrogen-bond donors (Lipinski definition) is 0. The van der Waals surface area contributed by atoms with Crippen molar-refractivity contribution in [3.63, 3.8) is 0 Å². The minimum Gasteiger partial charge on any atom is -0.285 e. The lowest BCUT2D eigenvalue weighted by Crippen LogP contribution is -2.31. The molecule has 0 fully saturated rings. The Morgan fingerprint density at radius 1 is 0.769 bits per heavy atom. The predicted molar refractivity (Wildman–Crippen MR) is 114 cm³/mol. The summed E-state index contributed by atoms with van der Waals surface area (Å²) >= 11 is 3.56. The fourth-order valence-electron chi connectivity index (χ4n) is 3.58. The fraction of sp³-hybridized carbons (Fsp3) is 0.250. The highest BCUT2D eigenvalue weighted by molar-refractivity contribution is 9.10. The van der Waals surface area contributed by atoms with Gasteiger partial charge in [0.05, 0.1) is 0 Å². The molecule has 0 radical (unpaired) electrons. The molecule has 0 saturated heterocycles. The summed E-state index contributed by atoms with van der Waals surface area (Å²) in [5, 5.41) is 0. The molecule has 0 N–H and O–H groups in total. The first-order valence-corrected chi connectivity index (χ1v) is 10.1. The topological polar surface area (TPSA) is 3.24 Å². The van der Waals surface area contributed by atoms with Gasteiger partial charge in [0.15, 0.2) is 0 Å². The zero-order valence-corrected chi connectivity index (χ0v) is 17.1. The van der Waals surface area contributed by atoms with Gasteiger partial charge >= 0.3 is 0 Å². The maximum absolute atomic E-state index is 3.56. The van der Waals surface area contributed by atoms with Crippen LogP contribution in [0.5, 0.6) is 0 Å². The molecule has 1 nitrogen and oxygen atoms in total. The van der Waals surface area contributed by atoms with Crippen molar-refractivity contribution >= 4 is 15.9 Å². The molecule has 2 heteroatoms. The van der Waals surface area contributed by atoms with E-state index >= 15 is 0 Å². The molecule has 0 unspecified atom stereocenters. The van der Waals surface area contributed by atoms with Crippen molar-refractivity contribution in [2.45, 2.75) is 38.9 Å². The van der Waals surface area contributed by atoms with E-state index in [2.05, 4.69) is 120 Å². The van der Waals surface area contributed by atoms with Crippen LogP contribution in [0.3, 0.4) is 0 Å². The molecule has 0 aliphatic heterocycles. The van der Waals surface area contributed by atoms with Gasteiger partial charge in [-0.1, -0.05) is 95.7 Å². The fourth-order valence-corrected chi connectivity index (χ4v) is 3.85. The van der Waals surface area contributed by atoms with Gasteiger partial charge in [-0.15, -0.1) is 0 Å². The molecule has 0 amide bonds. The Kier molecular flexibility index (Phi) is 6.65. The van der Waals surface area contributed by atoms with Crippen molar-refractivity contribution in [2.24, 2.45) is 0 Å². The van der Waals surface area contributed by atoms with Crippen LogP contribution in [-0.4, -0.2) is 4.90 Å². The summed E-state index contributed by atoms with van der Waals surface area (Å²) in [4.78, 5) is 2.62. The first-order chi connectivity index (χ1) is 12.7. The number of nitrogens with zero attached hydrogens (tertiary/aromatic N) is 1. The minimum absolute atomic E-state index is 0.338. The minimum atomic E-state index is 0.338. The third kappa shape index (κ3) is 4.63. The average molecular weight is 408 g/mol. The molecule has 0 aliphatic carbocycles. The van der Waals surface area contributed by atoms with E-state index < -0.39 is 0 Å². The van der Waals surface area contributed by atoms with E-state index in [1.165, 1.54) is 16.7 Å². The van der Waals surface area contributed by atoms with Gasteiger partial charge in [-0.2, -0.15) is 0 Å². The Labute approximate surface area is 165 Å². The summed E-state index contributed by atoms with van der Waals surface area (Å²) in [6.07, 6.45) is 1.08. The van der Waals surface area contributed by atoms with Gasteiger partial charge in [0, 0.05) is 23.1 Å². The van der Waals surface area contributed by atoms with Gasteiger partial charge < -0.3 is 0 Å². The van der Waals surface area contributed by atoms with Crippen LogP contribution in [0.15, 0.2) is 89.4 Å². The standard InChI is InChI=1S/C24H26BrN/c1-3-24(22-14-16-23(25)17-15-22)26(18-20-10-6-4-7-11-20)19(2)21-12-8-5-9-13-21/h4-17,19,24H,3,18H2,1-2H3/t19-,24+/m1/s1. The molecule has 134 valence electrons. The lowest BCUT2D eigenvalue weighted by molar-refractivity contribution is 0.129. The molecule has 0 aromatic heterocycles. The van der Waals surface area contributed by atoms with Gasteiger partial charge in [-0.3, -0.25) is 4.90 Å². The lowest BCUT2D eigenvalue weighted by atomic mass is 9.97. The summed E-state index contributed by atoms with van der Waals surface area (Å²) in [7, 11) is 0. The van der Waals surface area contributed by atoms with Crippen LogP contribution in [0.25, 0.3) is 0 Å². The first kappa shape index (κ1) is 18.9. The molecule has 3 aromatic carbocycles. The summed E-state index contributed by atoms with van der Waals surface area (Å²) < 4.78 is 1.13. The van der Waals surface area contributed by atoms with Crippen molar-refractivity contribution in [3.05, 3.63) is 106 Å². The normalized spacial score (nSPS) is 13.5. The van der Waals surface area contributed by atoms with E-state index in [0.29, 0.717) is 12.1 Å². The van der Waals surface area contributed by atoms with Gasteiger partial charge in [-0.05, 0) is 42.2 Å². The maximum atomic E-state index is 3.56. The smallest absolute Gasteiger partial charge is 0.0355 e. The second-order valence-electron chi connectivity index (χ2n) is 6.72. The summed E-state index contributed by atoms with van der Waals surface area (Å²) in [5.74, 6) is 0. The van der Waals surface area contributed by atoms with Crippen LogP contribution in [0, 0.1) is 0 Å². The highest BCUT2D eigenvalue weighted by atomic mass is 79.9. The largest absolute Gasteiger partial charge is 0.285 e. The van der Waals surface area contributed by atoms with Crippen molar-refractivity contribution in [2.75, 3.05) is 0 Å². The van der Waals surface area contributed by atoms with E-state index in [0.717, 1.165) is 17.4 Å². The average Bonchev–Trinajstić information content (AvgIpc) is 2.70. The van der Waals surface area contributed by atoms with E-state index in [-0.39, 0.29) is 0 Å². The summed E-state index contributed by atoms with van der Waals surface area (Å²) in [5.41, 5.74) is 4.08. The molecule has 0 aliphatic rings. The molecular formula is C24H26BrN. The first-order valence-electron chi connectivity index (χ1n) is 9.29. The molecular weight excluding hydrogens is 382 g/mol. The number of rotatable bonds is 7. The Morgan fingerprint density at radius 3 is 1.92 bits per heavy atom. The Hall–Kier alpha value is -1.90. The highest BCUT2D eigenvalue weighted by Crippen LogP contribution is 2.34. The van der Waals surface area contributed by atoms with Crippen LogP contribution in [0.2, 0.25) is 0 Å². The summed E-state index contributed by atoms with van der Waals surface area (Å²) in [6.45, 7) is 5.54. The van der Waals surface area contributed by atoms with Crippen LogP contribution >= 0.6 is 15.9 Å². The van der Waals surface area contributed by atoms with Gasteiger partial charge in [0.1, 0.15) is 0 Å². The van der Waals surface area contributed by atoms with Crippen molar-refractivity contribution in [3.8, 4) is 0 Å². The highest BCUT2D eigenvalue weighted by Gasteiger charge is 2.25. The number of halogens is 1. The second-order valence-corrected chi connectivity index (χ2v) is 7.64. The third-order valence-electron chi connectivity index (χ3n) is 5.03. The zero-order valence-electron chi connectivity index (χ0n) is 15.5. The van der Waals surface area contributed by atoms with E-state index in [1.54, 1.807) is 0 Å². The quantitative estimate of drug-likeness (QED) is 0.401. The van der Waals surface area contributed by atoms with E-state index in [1.807, 2.05) is 0 Å². The lowest BCUT2D eigenvalue weighted by Gasteiger charge is -2.37. The van der Waals surface area contributed by atoms with Crippen LogP contribution in [0.1, 0.15) is 49.0 Å². The zero-order chi connectivity index (χ0) is 18.4. The number of hydrogen-bond acceptors (Lipinski definition) is 1. The second kappa shape index (κ2) is 9.16. The molecule has 0 spiro atoms. The van der Waals surface area contributed by atoms with Gasteiger partial charge in [0.2, 0.25) is 0 Å². The molecule has 0 saturated carbocycles. The monoisotopic (exact) mass is 407 g/mol. The molecule has 3 rings (SSSR count). The third-order valence-corrected chi connectivity index (χ3v) is 5.56. The van der Waals surface area contributed by atoms with Crippen LogP contribution in [0.4, 0.5) is 0 Å². The van der Waals surface area contributed by atoms with Crippen molar-refractivity contribution < 1.29 is 0 Å². The van der Waals surface area contributed by atoms with Crippen LogP contribution < -0.4 is 0 Å². The molecule has 0 bridgehead atoms. The van der Waals surface area contributed by atoms with Crippen LogP contribution in [-0.2, 0) is 6.54 Å². The van der Waals surface area contributed by atoms with Gasteiger partial charge in [0.25, 0.3) is 0 Å². The maximum Gasteiger partial charge on any atom is 0.0355 e. The molecule has 2 atom stereocenters. The molecule has 0 heterocycles. The Morgan fingerprint density at radius 2 is 1.35 bits per heavy atom. The van der Waals surface area contributed by atoms with Crippen molar-refractivity contribution in [1.29, 1.82) is 0 Å². The van der Waals surface area contributed by atoms with E-state index in [4.69, 9.17) is 0 Å². The predicted octanol–water partition coefficient (Wildman–Crippen LogP) is 7.16. The van der Waals surface area contributed by atoms with Crippen molar-refractivity contribution in [1.82, 2.24) is 4.90 Å². The molecule has 26 heavy (non-hydrogen) atoms. The number of benzene rings is 3. The Bertz CT molecular complexity index is 783.